The van der Waals surface area contributed by atoms with E-state index in [2.05, 4.69) is 16.0 Å². The third kappa shape index (κ3) is 10.5. The minimum Gasteiger partial charge on any atom is -0.347 e. The van der Waals surface area contributed by atoms with Crippen LogP contribution in [-0.2, 0) is 24.0 Å². The van der Waals surface area contributed by atoms with Crippen molar-refractivity contribution in [2.75, 3.05) is 13.6 Å². The summed E-state index contributed by atoms with van der Waals surface area (Å²) in [5, 5.41) is 7.63. The number of nitrogens with one attached hydrogen (secondary N) is 3. The molecule has 0 heterocycles. The van der Waals surface area contributed by atoms with E-state index in [-0.39, 0.29) is 43.7 Å². The first-order valence-electron chi connectivity index (χ1n) is 7.82. The van der Waals surface area contributed by atoms with Gasteiger partial charge in [0.05, 0.1) is 24.0 Å². The van der Waals surface area contributed by atoms with E-state index in [9.17, 15) is 24.0 Å². The largest absolute Gasteiger partial charge is 0.347 e. The lowest BCUT2D eigenvalue weighted by atomic mass is 9.52. The molecule has 0 aromatic heterocycles. The van der Waals surface area contributed by atoms with Gasteiger partial charge in [-0.15, -0.1) is 0 Å². The number of ketones is 1. The molecule has 2 amide bonds. The van der Waals surface area contributed by atoms with Gasteiger partial charge in [0.1, 0.15) is 19.0 Å². The molecule has 0 spiro atoms. The summed E-state index contributed by atoms with van der Waals surface area (Å²) in [7, 11) is 12.6. The second-order valence-corrected chi connectivity index (χ2v) is 5.50. The molecule has 2 unspecified atom stereocenters. The van der Waals surface area contributed by atoms with E-state index in [1.54, 1.807) is 0 Å². The van der Waals surface area contributed by atoms with Crippen LogP contribution in [0.15, 0.2) is 0 Å². The van der Waals surface area contributed by atoms with E-state index in [1.165, 1.54) is 14.0 Å². The SMILES string of the molecule is [B][B]C(=O)CCC(NC(=O)C(CCC([B])=O)NC)C(=O)NCC(C)=O. The molecule has 3 N–H and O–H groups in total. The van der Waals surface area contributed by atoms with Crippen molar-refractivity contribution in [1.82, 2.24) is 16.0 Å². The van der Waals surface area contributed by atoms with Crippen LogP contribution in [0, 0.1) is 0 Å². The van der Waals surface area contributed by atoms with Crippen LogP contribution in [-0.4, -0.2) is 77.4 Å². The van der Waals surface area contributed by atoms with Gasteiger partial charge in [-0.1, -0.05) is 0 Å². The van der Waals surface area contributed by atoms with Gasteiger partial charge in [-0.05, 0) is 39.7 Å². The minimum absolute atomic E-state index is 0.000740. The Morgan fingerprint density at radius 2 is 1.60 bits per heavy atom. The van der Waals surface area contributed by atoms with Gasteiger partial charge in [0, 0.05) is 7.74 Å². The number of likely N-dealkylation sites (N-methyl/N-ethyl adjacent to an activating group) is 1. The summed E-state index contributed by atoms with van der Waals surface area (Å²) < 4.78 is 0. The maximum Gasteiger partial charge on any atom is 0.242 e. The van der Waals surface area contributed by atoms with Gasteiger partial charge in [-0.3, -0.25) is 14.4 Å². The van der Waals surface area contributed by atoms with E-state index in [0.717, 1.165) is 7.17 Å². The van der Waals surface area contributed by atoms with Crippen molar-refractivity contribution in [2.24, 2.45) is 0 Å². The van der Waals surface area contributed by atoms with Crippen LogP contribution in [0.25, 0.3) is 0 Å². The average molecular weight is 344 g/mol. The highest BCUT2D eigenvalue weighted by atomic mass is 16.2. The van der Waals surface area contributed by atoms with Crippen LogP contribution in [0.4, 0.5) is 0 Å². The summed E-state index contributed by atoms with van der Waals surface area (Å²) >= 11 is 0. The van der Waals surface area contributed by atoms with E-state index in [0.29, 0.717) is 0 Å². The Balaban J connectivity index is 4.89. The fourth-order valence-corrected chi connectivity index (χ4v) is 1.94. The van der Waals surface area contributed by atoms with E-state index < -0.39 is 29.6 Å². The van der Waals surface area contributed by atoms with Crippen molar-refractivity contribution < 1.29 is 24.0 Å². The monoisotopic (exact) mass is 344 g/mol. The van der Waals surface area contributed by atoms with Gasteiger partial charge in [-0.2, -0.15) is 0 Å². The van der Waals surface area contributed by atoms with Gasteiger partial charge in [0.2, 0.25) is 11.8 Å². The molecule has 5 radical (unpaired) electrons. The second-order valence-electron chi connectivity index (χ2n) is 5.50. The number of rotatable bonds is 13. The number of hydrogen-bond acceptors (Lipinski definition) is 6. The predicted molar refractivity (Wildman–Crippen MR) is 94.2 cm³/mol. The Morgan fingerprint density at radius 3 is 2.08 bits per heavy atom. The molecule has 8 nitrogen and oxygen atoms in total. The quantitative estimate of drug-likeness (QED) is 0.314. The summed E-state index contributed by atoms with van der Waals surface area (Å²) in [5.74, 6) is -1.35. The molecule has 0 aromatic carbocycles. The van der Waals surface area contributed by atoms with Crippen molar-refractivity contribution in [3.8, 4) is 0 Å². The lowest BCUT2D eigenvalue weighted by molar-refractivity contribution is -0.131. The molecule has 0 aliphatic rings. The number of carbonyl (C=O) groups is 5. The first-order valence-corrected chi connectivity index (χ1v) is 7.82. The first-order chi connectivity index (χ1) is 11.7. The van der Waals surface area contributed by atoms with Crippen LogP contribution in [0.1, 0.15) is 32.6 Å². The van der Waals surface area contributed by atoms with E-state index in [4.69, 9.17) is 15.6 Å². The van der Waals surface area contributed by atoms with Crippen LogP contribution >= 0.6 is 0 Å². The molecule has 0 rings (SSSR count). The molecule has 2 atom stereocenters. The average Bonchev–Trinajstić information content (AvgIpc) is 2.56. The Morgan fingerprint density at radius 1 is 1.00 bits per heavy atom. The third-order valence-corrected chi connectivity index (χ3v) is 3.35. The molecule has 25 heavy (non-hydrogen) atoms. The fourth-order valence-electron chi connectivity index (χ4n) is 1.94. The van der Waals surface area contributed by atoms with Gasteiger partial charge >= 0.3 is 0 Å². The number of carbonyl (C=O) groups excluding carboxylic acids is 5. The van der Waals surface area contributed by atoms with Crippen LogP contribution in [0.5, 0.6) is 0 Å². The van der Waals surface area contributed by atoms with E-state index >= 15 is 0 Å². The normalized spacial score (nSPS) is 12.6. The Labute approximate surface area is 150 Å². The molecule has 0 aromatic rings. The zero-order chi connectivity index (χ0) is 19.4. The number of hydrogen-bond donors (Lipinski definition) is 3. The maximum atomic E-state index is 12.3. The van der Waals surface area contributed by atoms with Gasteiger partial charge in [0.15, 0.2) is 7.85 Å². The predicted octanol–water partition coefficient (Wildman–Crippen LogP) is -2.67. The molecule has 0 saturated carbocycles. The minimum atomic E-state index is -1.01. The molecule has 11 heteroatoms. The molecular formula is C14H21B3N3O5. The van der Waals surface area contributed by atoms with E-state index in [1.807, 2.05) is 0 Å². The van der Waals surface area contributed by atoms with Crippen molar-refractivity contribution in [3.63, 3.8) is 0 Å². The number of Topliss-reactive ketones (excluding diaryl/α,β-unsaturated/α-hetero) is 1. The van der Waals surface area contributed by atoms with Crippen molar-refractivity contribution in [2.45, 2.75) is 44.7 Å². The van der Waals surface area contributed by atoms with Gasteiger partial charge < -0.3 is 25.5 Å². The summed E-state index contributed by atoms with van der Waals surface area (Å²) in [6, 6.07) is -1.74. The van der Waals surface area contributed by atoms with Crippen LogP contribution < -0.4 is 16.0 Å². The zero-order valence-electron chi connectivity index (χ0n) is 14.5. The summed E-state index contributed by atoms with van der Waals surface area (Å²) in [6.45, 7) is 1.13. The van der Waals surface area contributed by atoms with Gasteiger partial charge in [0.25, 0.3) is 0 Å². The Kier molecular flexibility index (Phi) is 11.5. The lowest BCUT2D eigenvalue weighted by Crippen LogP contribution is -2.53. The highest BCUT2D eigenvalue weighted by Crippen LogP contribution is 2.03. The van der Waals surface area contributed by atoms with Crippen molar-refractivity contribution >= 4 is 51.7 Å². The third-order valence-electron chi connectivity index (χ3n) is 3.35. The van der Waals surface area contributed by atoms with Crippen LogP contribution in [0.3, 0.4) is 0 Å². The Hall–Kier alpha value is -1.90. The summed E-state index contributed by atoms with van der Waals surface area (Å²) in [6.07, 6.45) is 0.143. The summed E-state index contributed by atoms with van der Waals surface area (Å²) in [4.78, 5) is 57.5. The molecule has 0 aliphatic carbocycles. The lowest BCUT2D eigenvalue weighted by Gasteiger charge is -2.22. The number of amides is 2. The van der Waals surface area contributed by atoms with Crippen LogP contribution in [0.2, 0.25) is 0 Å². The standard InChI is InChI=1S/C14H21B3N3O5/c1-8(21)7-19-13(24)10(4-6-12(23)17-16)20-14(25)9(18-2)3-5-11(15)22/h9-10,18H,3-7H2,1-2H3,(H,19,24)(H,20,25). The second kappa shape index (κ2) is 12.5. The highest BCUT2D eigenvalue weighted by molar-refractivity contribution is 7.08. The van der Waals surface area contributed by atoms with Gasteiger partial charge in [-0.25, -0.2) is 0 Å². The highest BCUT2D eigenvalue weighted by Gasteiger charge is 2.25. The van der Waals surface area contributed by atoms with Crippen molar-refractivity contribution in [3.05, 3.63) is 0 Å². The summed E-state index contributed by atoms with van der Waals surface area (Å²) in [5.41, 5.74) is -0.926. The zero-order valence-corrected chi connectivity index (χ0v) is 14.5. The van der Waals surface area contributed by atoms with Crippen molar-refractivity contribution in [1.29, 1.82) is 0 Å². The fraction of sp³-hybridized carbons (Fsp3) is 0.643. The molecule has 0 saturated heterocycles. The molecule has 0 aliphatic heterocycles. The maximum absolute atomic E-state index is 12.3. The smallest absolute Gasteiger partial charge is 0.242 e. The Bertz CT molecular complexity index is 516. The molecule has 0 fully saturated rings. The molecule has 0 bridgehead atoms. The molecule has 131 valence electrons. The molecular weight excluding hydrogens is 323 g/mol. The first kappa shape index (κ1) is 23.1. The topological polar surface area (TPSA) is 121 Å².